The number of unbranched alkanes of at least 4 members (excludes halogenated alkanes) is 6. The number of aryl methyl sites for hydroxylation is 2. The second-order valence-corrected chi connectivity index (χ2v) is 27.6. The van der Waals surface area contributed by atoms with Gasteiger partial charge in [0.15, 0.2) is 23.3 Å². The fourth-order valence-corrected chi connectivity index (χ4v) is 12.9. The number of carbonyl (C=O) groups is 1. The van der Waals surface area contributed by atoms with Crippen molar-refractivity contribution in [1.82, 2.24) is 19.9 Å². The average molecular weight is 1360 g/mol. The molecule has 2 heterocycles. The van der Waals surface area contributed by atoms with Gasteiger partial charge in [0.1, 0.15) is 0 Å². The Bertz CT molecular complexity index is 3780. The molecule has 6 nitrogen and oxygen atoms in total. The van der Waals surface area contributed by atoms with Gasteiger partial charge >= 0.3 is 0 Å². The summed E-state index contributed by atoms with van der Waals surface area (Å²) in [6.45, 7) is 26.0. The number of ketones is 1. The molecule has 1 N–H and O–H groups in total. The molecule has 0 saturated heterocycles. The minimum Gasteiger partial charge on any atom is -0.512 e. The van der Waals surface area contributed by atoms with Crippen LogP contribution in [-0.2, 0) is 54.0 Å². The second kappa shape index (κ2) is 28.6. The van der Waals surface area contributed by atoms with Crippen LogP contribution < -0.4 is 0 Å². The van der Waals surface area contributed by atoms with Crippen LogP contribution in [0.2, 0.25) is 0 Å². The smallest absolute Gasteiger partial charge is 0.165 e. The molecular weight excluding hydrogens is 1270 g/mol. The molecule has 1 radical (unpaired) electrons. The number of hydrogen-bond acceptors (Lipinski definition) is 6. The largest absolute Gasteiger partial charge is 0.512 e. The molecule has 0 saturated carbocycles. The molecule has 7 heteroatoms. The van der Waals surface area contributed by atoms with Gasteiger partial charge in [0, 0.05) is 61.9 Å². The summed E-state index contributed by atoms with van der Waals surface area (Å²) < 4.78 is 0. The number of pyridine rings is 1. The fraction of sp³-hybridized carbons (Fsp3) is 0.354. The SMILES string of the molecule is CC(C)CC(=O)/C=C(\O)CC(C)C.CCCCCCc1cc(CCCCCC)cc(-c2ccc3c(c2)C2(c4ccccc4-c4ccccc42)c2cc(-c4ccc(-c5nc(-c6ccc(C(C)(C)C)cc6)nc(-c6ccc(C(C)(C)C)cc6)n5)cn4)[c-]cc2-3)c1.[Ir]. The number of hydrogen-bond donors (Lipinski definition) is 1. The summed E-state index contributed by atoms with van der Waals surface area (Å²) in [6, 6.07) is 62.8. The molecule has 0 unspecified atom stereocenters. The summed E-state index contributed by atoms with van der Waals surface area (Å²) in [5.74, 6) is 2.83. The van der Waals surface area contributed by atoms with Gasteiger partial charge in [-0.25, -0.2) is 15.0 Å². The number of allylic oxidation sites excluding steroid dienone is 2. The van der Waals surface area contributed by atoms with Gasteiger partial charge < -0.3 is 10.1 Å². The molecule has 2 aliphatic rings. The summed E-state index contributed by atoms with van der Waals surface area (Å²) >= 11 is 0. The molecule has 0 fully saturated rings. The Morgan fingerprint density at radius 3 is 1.46 bits per heavy atom. The molecule has 0 amide bonds. The van der Waals surface area contributed by atoms with Gasteiger partial charge in [-0.3, -0.25) is 4.79 Å². The Balaban J connectivity index is 0.000000604. The number of rotatable bonds is 20. The predicted octanol–water partition coefficient (Wildman–Crippen LogP) is 21.7. The van der Waals surface area contributed by atoms with Crippen LogP contribution in [0.15, 0.2) is 176 Å². The zero-order valence-electron chi connectivity index (χ0n) is 54.8. The van der Waals surface area contributed by atoms with Crippen molar-refractivity contribution in [3.8, 4) is 78.8 Å². The van der Waals surface area contributed by atoms with Crippen molar-refractivity contribution in [1.29, 1.82) is 0 Å². The molecule has 7 aromatic carbocycles. The molecule has 2 aromatic heterocycles. The van der Waals surface area contributed by atoms with E-state index in [2.05, 4.69) is 219 Å². The monoisotopic (exact) mass is 1360 g/mol. The number of aromatic nitrogens is 4. The first kappa shape index (κ1) is 66.0. The predicted molar refractivity (Wildman–Crippen MR) is 368 cm³/mol. The van der Waals surface area contributed by atoms with Crippen molar-refractivity contribution in [3.05, 3.63) is 226 Å². The number of carbonyl (C=O) groups excluding carboxylic acids is 1. The van der Waals surface area contributed by atoms with Crippen LogP contribution in [0.3, 0.4) is 0 Å². The molecule has 461 valence electrons. The summed E-state index contributed by atoms with van der Waals surface area (Å²) in [6.07, 6.45) is 16.8. The van der Waals surface area contributed by atoms with Crippen LogP contribution in [0, 0.1) is 17.9 Å². The molecule has 89 heavy (non-hydrogen) atoms. The third-order valence-electron chi connectivity index (χ3n) is 17.6. The van der Waals surface area contributed by atoms with Gasteiger partial charge in [0.2, 0.25) is 0 Å². The topological polar surface area (TPSA) is 88.9 Å². The fourth-order valence-electron chi connectivity index (χ4n) is 12.9. The Labute approximate surface area is 545 Å². The van der Waals surface area contributed by atoms with E-state index in [1.54, 1.807) is 0 Å². The van der Waals surface area contributed by atoms with Crippen LogP contribution in [0.25, 0.3) is 78.8 Å². The van der Waals surface area contributed by atoms with E-state index in [4.69, 9.17) is 19.9 Å². The molecule has 2 aliphatic carbocycles. The number of nitrogens with zero attached hydrogens (tertiary/aromatic N) is 4. The maximum atomic E-state index is 11.2. The summed E-state index contributed by atoms with van der Waals surface area (Å²) in [5, 5.41) is 9.34. The van der Waals surface area contributed by atoms with E-state index >= 15 is 0 Å². The average Bonchev–Trinajstić information content (AvgIpc) is 1.51. The maximum Gasteiger partial charge on any atom is 0.165 e. The van der Waals surface area contributed by atoms with Crippen LogP contribution >= 0.6 is 0 Å². The standard InChI is InChI=1S/C71H71N4.C11H20O2.Ir/c1-9-11-13-15-21-47-41-48(22-16-14-12-10-2)43-54(42-47)51-31-38-59-60-39-32-52(45-64(60)71(63(59)44-51)61-25-19-17-23-57(61)58-24-18-20-26-62(58)71)65-40-33-53(46-72-65)68-74-66(49-27-34-55(35-28-49)69(3,4)5)73-67(75-68)50-29-36-56(37-30-50)70(6,7)8;1-8(2)5-10(12)7-11(13)6-9(3)4;/h17-20,23-31,33-46H,9-16,21-22H2,1-8H3;7-9,12H,5-6H2,1-4H3;/q-1;;/b;10-7-;. The van der Waals surface area contributed by atoms with E-state index in [9.17, 15) is 9.90 Å². The van der Waals surface area contributed by atoms with Crippen molar-refractivity contribution in [2.75, 3.05) is 0 Å². The number of aliphatic hydroxyl groups is 1. The number of benzene rings is 7. The summed E-state index contributed by atoms with van der Waals surface area (Å²) in [5.41, 5.74) is 22.5. The first-order valence-electron chi connectivity index (χ1n) is 32.7. The van der Waals surface area contributed by atoms with Gasteiger partial charge in [-0.1, -0.05) is 272 Å². The molecule has 0 bridgehead atoms. The zero-order chi connectivity index (χ0) is 62.3. The van der Waals surface area contributed by atoms with E-state index in [1.165, 1.54) is 135 Å². The van der Waals surface area contributed by atoms with Crippen molar-refractivity contribution in [2.24, 2.45) is 11.8 Å². The van der Waals surface area contributed by atoms with Gasteiger partial charge in [-0.05, 0) is 121 Å². The number of fused-ring (bicyclic) bond motifs is 10. The van der Waals surface area contributed by atoms with Gasteiger partial charge in [-0.15, -0.1) is 29.3 Å². The van der Waals surface area contributed by atoms with Crippen LogP contribution in [-0.4, -0.2) is 30.8 Å². The minimum absolute atomic E-state index is 0. The minimum atomic E-state index is -0.522. The molecule has 11 rings (SSSR count). The van der Waals surface area contributed by atoms with Crippen LogP contribution in [0.5, 0.6) is 0 Å². The molecule has 1 spiro atoms. The first-order chi connectivity index (χ1) is 42.2. The van der Waals surface area contributed by atoms with Crippen molar-refractivity contribution in [2.45, 2.75) is 176 Å². The van der Waals surface area contributed by atoms with Crippen molar-refractivity contribution < 1.29 is 30.0 Å². The summed E-state index contributed by atoms with van der Waals surface area (Å²) in [4.78, 5) is 31.7. The zero-order valence-corrected chi connectivity index (χ0v) is 57.2. The molecule has 0 aliphatic heterocycles. The Morgan fingerprint density at radius 1 is 0.506 bits per heavy atom. The Kier molecular flexibility index (Phi) is 21.2. The Hall–Kier alpha value is -7.44. The van der Waals surface area contributed by atoms with E-state index in [0.717, 1.165) is 40.8 Å². The first-order valence-corrected chi connectivity index (χ1v) is 32.7. The van der Waals surface area contributed by atoms with E-state index < -0.39 is 5.41 Å². The van der Waals surface area contributed by atoms with E-state index in [-0.39, 0.29) is 42.5 Å². The molecular formula is C82H91IrN4O2-. The van der Waals surface area contributed by atoms with Gasteiger partial charge in [-0.2, -0.15) is 0 Å². The maximum absolute atomic E-state index is 11.2. The van der Waals surface area contributed by atoms with Gasteiger partial charge in [0.05, 0.1) is 11.2 Å². The van der Waals surface area contributed by atoms with Crippen molar-refractivity contribution in [3.63, 3.8) is 0 Å². The normalized spacial score (nSPS) is 12.9. The molecule has 9 aromatic rings. The van der Waals surface area contributed by atoms with E-state index in [0.29, 0.717) is 42.2 Å². The number of aliphatic hydroxyl groups excluding tert-OH is 1. The Morgan fingerprint density at radius 2 is 0.978 bits per heavy atom. The third-order valence-corrected chi connectivity index (χ3v) is 17.6. The quantitative estimate of drug-likeness (QED) is 0.0354. The van der Waals surface area contributed by atoms with Gasteiger partial charge in [0.25, 0.3) is 0 Å². The third kappa shape index (κ3) is 14.9. The second-order valence-electron chi connectivity index (χ2n) is 27.6. The summed E-state index contributed by atoms with van der Waals surface area (Å²) in [7, 11) is 0. The van der Waals surface area contributed by atoms with Crippen LogP contribution in [0.4, 0.5) is 0 Å². The molecule has 0 atom stereocenters. The van der Waals surface area contributed by atoms with E-state index in [1.807, 2.05) is 33.9 Å². The van der Waals surface area contributed by atoms with Crippen molar-refractivity contribution >= 4 is 5.78 Å². The van der Waals surface area contributed by atoms with Crippen LogP contribution in [0.1, 0.15) is 192 Å².